The summed E-state index contributed by atoms with van der Waals surface area (Å²) >= 11 is 1.45. The average Bonchev–Trinajstić information content (AvgIpc) is 2.64. The highest BCUT2D eigenvalue weighted by Crippen LogP contribution is 2.27. The molecule has 0 saturated carbocycles. The summed E-state index contributed by atoms with van der Waals surface area (Å²) in [6, 6.07) is 12.2. The van der Waals surface area contributed by atoms with Crippen molar-refractivity contribution in [3.05, 3.63) is 53.6 Å². The van der Waals surface area contributed by atoms with Crippen LogP contribution in [0, 0.1) is 0 Å². The van der Waals surface area contributed by atoms with Crippen LogP contribution in [0.25, 0.3) is 0 Å². The Labute approximate surface area is 144 Å². The summed E-state index contributed by atoms with van der Waals surface area (Å²) in [5.74, 6) is 0.571. The molecule has 0 atom stereocenters. The van der Waals surface area contributed by atoms with E-state index in [1.165, 1.54) is 18.9 Å². The number of hydrogen-bond acceptors (Lipinski definition) is 6. The lowest BCUT2D eigenvalue weighted by molar-refractivity contribution is 0.0512. The number of carbonyl (C=O) groups excluding carboxylic acids is 1. The van der Waals surface area contributed by atoms with Crippen molar-refractivity contribution < 1.29 is 19.1 Å². The number of nitrogens with two attached hydrogens (primary N) is 1. The Morgan fingerprint density at radius 1 is 1.08 bits per heavy atom. The highest BCUT2D eigenvalue weighted by Gasteiger charge is 2.13. The van der Waals surface area contributed by atoms with Crippen LogP contribution in [0.1, 0.15) is 15.9 Å². The Kier molecular flexibility index (Phi) is 6.08. The minimum absolute atomic E-state index is 0.0611. The minimum atomic E-state index is -0.566. The molecule has 0 aliphatic carbocycles. The number of nitrogens with zero attached hydrogens (tertiary/aromatic N) is 1. The van der Waals surface area contributed by atoms with Crippen LogP contribution in [0.5, 0.6) is 11.5 Å². The summed E-state index contributed by atoms with van der Waals surface area (Å²) in [5.41, 5.74) is 6.87. The predicted octanol–water partition coefficient (Wildman–Crippen LogP) is 2.90. The van der Waals surface area contributed by atoms with Gasteiger partial charge in [0, 0.05) is 10.5 Å². The first kappa shape index (κ1) is 17.7. The number of methoxy groups -OCH3 is 2. The molecule has 0 aliphatic heterocycles. The summed E-state index contributed by atoms with van der Waals surface area (Å²) in [6.45, 7) is 0. The largest absolute Gasteiger partial charge is 0.493 e. The van der Waals surface area contributed by atoms with Crippen molar-refractivity contribution in [3.8, 4) is 11.5 Å². The van der Waals surface area contributed by atoms with Gasteiger partial charge in [-0.15, -0.1) is 11.8 Å². The molecule has 2 N–H and O–H groups in total. The molecule has 0 radical (unpaired) electrons. The lowest BCUT2D eigenvalue weighted by atomic mass is 10.2. The number of ether oxygens (including phenoxy) is 2. The van der Waals surface area contributed by atoms with E-state index in [4.69, 9.17) is 20.0 Å². The second-order valence-corrected chi connectivity index (χ2v) is 5.47. The quantitative estimate of drug-likeness (QED) is 0.285. The smallest absolute Gasteiger partial charge is 0.366 e. The van der Waals surface area contributed by atoms with Crippen LogP contribution in [0.2, 0.25) is 0 Å². The van der Waals surface area contributed by atoms with Gasteiger partial charge >= 0.3 is 5.97 Å². The molecule has 2 aromatic carbocycles. The van der Waals surface area contributed by atoms with Gasteiger partial charge in [0.2, 0.25) is 0 Å². The normalized spacial score (nSPS) is 11.0. The van der Waals surface area contributed by atoms with Crippen molar-refractivity contribution >= 4 is 23.6 Å². The predicted molar refractivity (Wildman–Crippen MR) is 93.9 cm³/mol. The van der Waals surface area contributed by atoms with E-state index in [1.54, 1.807) is 37.4 Å². The Morgan fingerprint density at radius 3 is 2.46 bits per heavy atom. The van der Waals surface area contributed by atoms with Crippen LogP contribution in [-0.2, 0) is 4.84 Å². The average molecular weight is 346 g/mol. The summed E-state index contributed by atoms with van der Waals surface area (Å²) < 4.78 is 10.4. The minimum Gasteiger partial charge on any atom is -0.493 e. The Bertz CT molecular complexity index is 762. The summed E-state index contributed by atoms with van der Waals surface area (Å²) in [7, 11) is 3.06. The fourth-order valence-electron chi connectivity index (χ4n) is 2.00. The second-order valence-electron chi connectivity index (χ2n) is 4.63. The maximum Gasteiger partial charge on any atom is 0.366 e. The molecule has 0 bridgehead atoms. The molecular formula is C17H18N2O4S. The third-order valence-electron chi connectivity index (χ3n) is 3.23. The van der Waals surface area contributed by atoms with E-state index < -0.39 is 5.97 Å². The monoisotopic (exact) mass is 346 g/mol. The lowest BCUT2D eigenvalue weighted by Gasteiger charge is -2.09. The summed E-state index contributed by atoms with van der Waals surface area (Å²) in [4.78, 5) is 17.9. The molecule has 2 rings (SSSR count). The van der Waals surface area contributed by atoms with E-state index in [9.17, 15) is 4.79 Å². The molecule has 0 spiro atoms. The van der Waals surface area contributed by atoms with Crippen LogP contribution < -0.4 is 15.2 Å². The number of hydrogen-bond donors (Lipinski definition) is 1. The van der Waals surface area contributed by atoms with Crippen molar-refractivity contribution in [2.24, 2.45) is 10.9 Å². The fraction of sp³-hybridized carbons (Fsp3) is 0.176. The van der Waals surface area contributed by atoms with E-state index in [0.717, 1.165) is 4.90 Å². The number of carbonyl (C=O) groups is 1. The SMILES string of the molecule is COc1ccc(/C(N)=N\OC(=O)c2ccccc2SC)cc1OC. The zero-order valence-electron chi connectivity index (χ0n) is 13.6. The number of thioether (sulfide) groups is 1. The Hall–Kier alpha value is -2.67. The van der Waals surface area contributed by atoms with E-state index in [0.29, 0.717) is 22.6 Å². The second kappa shape index (κ2) is 8.26. The third-order valence-corrected chi connectivity index (χ3v) is 4.03. The molecule has 7 heteroatoms. The van der Waals surface area contributed by atoms with E-state index in [-0.39, 0.29) is 5.84 Å². The van der Waals surface area contributed by atoms with Gasteiger partial charge in [-0.2, -0.15) is 0 Å². The standard InChI is InChI=1S/C17H18N2O4S/c1-21-13-9-8-11(10-14(13)22-2)16(18)19-23-17(20)12-6-4-5-7-15(12)24-3/h4-10H,1-3H3,(H2,18,19). The molecule has 0 aliphatic rings. The maximum atomic E-state index is 12.1. The highest BCUT2D eigenvalue weighted by molar-refractivity contribution is 7.98. The molecule has 0 heterocycles. The van der Waals surface area contributed by atoms with Gasteiger partial charge in [0.1, 0.15) is 0 Å². The third kappa shape index (κ3) is 3.99. The van der Waals surface area contributed by atoms with Gasteiger partial charge in [-0.05, 0) is 36.6 Å². The number of benzene rings is 2. The van der Waals surface area contributed by atoms with Crippen LogP contribution in [-0.4, -0.2) is 32.3 Å². The van der Waals surface area contributed by atoms with Gasteiger partial charge in [-0.1, -0.05) is 17.3 Å². The highest BCUT2D eigenvalue weighted by atomic mass is 32.2. The molecule has 0 saturated heterocycles. The zero-order valence-corrected chi connectivity index (χ0v) is 14.4. The van der Waals surface area contributed by atoms with Crippen LogP contribution in [0.3, 0.4) is 0 Å². The Balaban J connectivity index is 2.18. The number of oxime groups is 1. The van der Waals surface area contributed by atoms with Crippen molar-refractivity contribution in [1.82, 2.24) is 0 Å². The fourth-order valence-corrected chi connectivity index (χ4v) is 2.59. The molecule has 0 amide bonds. The summed E-state index contributed by atoms with van der Waals surface area (Å²) in [5, 5.41) is 3.72. The molecule has 126 valence electrons. The molecule has 2 aromatic rings. The molecule has 0 fully saturated rings. The molecule has 6 nitrogen and oxygen atoms in total. The number of rotatable bonds is 6. The van der Waals surface area contributed by atoms with Gasteiger partial charge in [0.25, 0.3) is 0 Å². The molecular weight excluding hydrogens is 328 g/mol. The Morgan fingerprint density at radius 2 is 1.79 bits per heavy atom. The summed E-state index contributed by atoms with van der Waals surface area (Å²) in [6.07, 6.45) is 1.88. The van der Waals surface area contributed by atoms with Gasteiger partial charge in [0.05, 0.1) is 19.8 Å². The van der Waals surface area contributed by atoms with Crippen molar-refractivity contribution in [3.63, 3.8) is 0 Å². The van der Waals surface area contributed by atoms with E-state index >= 15 is 0 Å². The van der Waals surface area contributed by atoms with Gasteiger partial charge in [0.15, 0.2) is 17.3 Å². The first-order valence-corrected chi connectivity index (χ1v) is 8.23. The topological polar surface area (TPSA) is 83.1 Å². The van der Waals surface area contributed by atoms with Gasteiger partial charge in [-0.25, -0.2) is 4.79 Å². The first-order valence-electron chi connectivity index (χ1n) is 7.01. The van der Waals surface area contributed by atoms with Crippen molar-refractivity contribution in [1.29, 1.82) is 0 Å². The van der Waals surface area contributed by atoms with E-state index in [1.807, 2.05) is 18.4 Å². The zero-order chi connectivity index (χ0) is 17.5. The van der Waals surface area contributed by atoms with Crippen LogP contribution in [0.15, 0.2) is 52.5 Å². The first-order chi connectivity index (χ1) is 11.6. The van der Waals surface area contributed by atoms with Gasteiger partial charge in [-0.3, -0.25) is 0 Å². The maximum absolute atomic E-state index is 12.1. The van der Waals surface area contributed by atoms with Gasteiger partial charge < -0.3 is 20.0 Å². The lowest BCUT2D eigenvalue weighted by Crippen LogP contribution is -2.15. The van der Waals surface area contributed by atoms with Crippen LogP contribution in [0.4, 0.5) is 0 Å². The van der Waals surface area contributed by atoms with E-state index in [2.05, 4.69) is 5.16 Å². The van der Waals surface area contributed by atoms with Crippen molar-refractivity contribution in [2.75, 3.05) is 20.5 Å². The molecule has 24 heavy (non-hydrogen) atoms. The molecule has 0 unspecified atom stereocenters. The van der Waals surface area contributed by atoms with Crippen molar-refractivity contribution in [2.45, 2.75) is 4.90 Å². The van der Waals surface area contributed by atoms with Crippen LogP contribution >= 0.6 is 11.8 Å². The molecule has 0 aromatic heterocycles. The number of amidine groups is 1.